The fraction of sp³-hybridized carbons (Fsp3) is 0.211. The lowest BCUT2D eigenvalue weighted by molar-refractivity contribution is 0.584. The number of aromatic amines is 1. The van der Waals surface area contributed by atoms with Gasteiger partial charge in [-0.25, -0.2) is 4.39 Å². The number of H-pyrrole nitrogens is 1. The van der Waals surface area contributed by atoms with Crippen LogP contribution in [-0.2, 0) is 0 Å². The summed E-state index contributed by atoms with van der Waals surface area (Å²) in [6.45, 7) is 7.35. The molecule has 0 saturated carbocycles. The minimum atomic E-state index is -0.268. The van der Waals surface area contributed by atoms with Gasteiger partial charge in [-0.3, -0.25) is 5.10 Å². The largest absolute Gasteiger partial charge is 0.405 e. The minimum absolute atomic E-state index is 0.268. The van der Waals surface area contributed by atoms with Gasteiger partial charge in [0.2, 0.25) is 0 Å². The summed E-state index contributed by atoms with van der Waals surface area (Å²) in [5.41, 5.74) is 9.18. The molecule has 0 radical (unpaired) electrons. The van der Waals surface area contributed by atoms with Crippen LogP contribution in [0.15, 0.2) is 55.3 Å². The van der Waals surface area contributed by atoms with Crippen molar-refractivity contribution in [2.75, 3.05) is 31.1 Å². The summed E-state index contributed by atoms with van der Waals surface area (Å²) in [7, 11) is 0. The van der Waals surface area contributed by atoms with Gasteiger partial charge >= 0.3 is 0 Å². The summed E-state index contributed by atoms with van der Waals surface area (Å²) >= 11 is 0. The van der Waals surface area contributed by atoms with E-state index in [9.17, 15) is 4.39 Å². The molecule has 25 heavy (non-hydrogen) atoms. The molecule has 3 rings (SSSR count). The lowest BCUT2D eigenvalue weighted by Crippen LogP contribution is -2.44. The average molecular weight is 339 g/mol. The molecule has 4 N–H and O–H groups in total. The van der Waals surface area contributed by atoms with E-state index in [1.54, 1.807) is 18.2 Å². The van der Waals surface area contributed by atoms with Gasteiger partial charge in [0.1, 0.15) is 5.82 Å². The summed E-state index contributed by atoms with van der Waals surface area (Å²) in [5.74, 6) is 0.600. The van der Waals surface area contributed by atoms with Crippen LogP contribution < -0.4 is 16.0 Å². The molecular formula is C19H22FN5. The number of piperazine rings is 1. The molecule has 2 heterocycles. The van der Waals surface area contributed by atoms with Crippen molar-refractivity contribution in [3.63, 3.8) is 0 Å². The van der Waals surface area contributed by atoms with E-state index in [1.165, 1.54) is 18.3 Å². The average Bonchev–Trinajstić information content (AvgIpc) is 3.08. The Morgan fingerprint density at radius 1 is 1.24 bits per heavy atom. The Balaban J connectivity index is 2.14. The van der Waals surface area contributed by atoms with Crippen LogP contribution in [0.25, 0.3) is 16.8 Å². The highest BCUT2D eigenvalue weighted by molar-refractivity contribution is 5.90. The predicted molar refractivity (Wildman–Crippen MR) is 101 cm³/mol. The minimum Gasteiger partial charge on any atom is -0.405 e. The maximum Gasteiger partial charge on any atom is 0.159 e. The van der Waals surface area contributed by atoms with Crippen molar-refractivity contribution >= 4 is 11.4 Å². The molecule has 0 atom stereocenters. The number of hydrogen-bond acceptors (Lipinski definition) is 4. The Bertz CT molecular complexity index is 783. The molecule has 1 aromatic carbocycles. The highest BCUT2D eigenvalue weighted by Crippen LogP contribution is 2.35. The first-order chi connectivity index (χ1) is 12.2. The van der Waals surface area contributed by atoms with E-state index >= 15 is 0 Å². The zero-order valence-corrected chi connectivity index (χ0v) is 14.0. The molecule has 1 fully saturated rings. The highest BCUT2D eigenvalue weighted by Gasteiger charge is 2.22. The van der Waals surface area contributed by atoms with Gasteiger partial charge in [-0.2, -0.15) is 5.10 Å². The Kier molecular flexibility index (Phi) is 5.30. The smallest absolute Gasteiger partial charge is 0.159 e. The van der Waals surface area contributed by atoms with E-state index in [2.05, 4.69) is 27.0 Å². The second kappa shape index (κ2) is 7.81. The van der Waals surface area contributed by atoms with Crippen molar-refractivity contribution in [3.05, 3.63) is 66.7 Å². The summed E-state index contributed by atoms with van der Waals surface area (Å²) < 4.78 is 13.3. The number of allylic oxidation sites excluding steroid dienone is 4. The normalized spacial score (nSPS) is 15.7. The topological polar surface area (TPSA) is 70.0 Å². The van der Waals surface area contributed by atoms with Gasteiger partial charge in [0.15, 0.2) is 5.82 Å². The van der Waals surface area contributed by atoms with E-state index in [1.807, 2.05) is 12.2 Å². The van der Waals surface area contributed by atoms with Crippen LogP contribution in [0.2, 0.25) is 0 Å². The number of rotatable bonds is 5. The highest BCUT2D eigenvalue weighted by atomic mass is 19.1. The number of halogens is 1. The Labute approximate surface area is 146 Å². The van der Waals surface area contributed by atoms with E-state index in [-0.39, 0.29) is 5.82 Å². The van der Waals surface area contributed by atoms with Crippen LogP contribution in [0.4, 0.5) is 10.2 Å². The van der Waals surface area contributed by atoms with E-state index < -0.39 is 0 Å². The standard InChI is InChI=1S/C19H22FN5/c1-2-3-14(8-9-21)17-18(15-4-6-16(20)7-5-15)23-24-19(17)25-12-10-22-11-13-25/h2-9,22H,1,10-13,21H2,(H,23,24)/b9-8-,14-3+. The zero-order valence-electron chi connectivity index (χ0n) is 14.0. The quantitative estimate of drug-likeness (QED) is 0.733. The lowest BCUT2D eigenvalue weighted by Gasteiger charge is -2.28. The van der Waals surface area contributed by atoms with Gasteiger partial charge in [0.05, 0.1) is 11.3 Å². The van der Waals surface area contributed by atoms with Crippen LogP contribution in [-0.4, -0.2) is 36.4 Å². The van der Waals surface area contributed by atoms with Crippen molar-refractivity contribution in [3.8, 4) is 11.3 Å². The summed E-state index contributed by atoms with van der Waals surface area (Å²) in [6, 6.07) is 6.37. The number of hydrogen-bond donors (Lipinski definition) is 3. The summed E-state index contributed by atoms with van der Waals surface area (Å²) in [4.78, 5) is 2.23. The number of benzene rings is 1. The predicted octanol–water partition coefficient (Wildman–Crippen LogP) is 2.67. The van der Waals surface area contributed by atoms with Crippen molar-refractivity contribution in [2.45, 2.75) is 0 Å². The van der Waals surface area contributed by atoms with Crippen LogP contribution in [0.1, 0.15) is 5.56 Å². The number of aromatic nitrogens is 2. The van der Waals surface area contributed by atoms with Gasteiger partial charge in [0, 0.05) is 31.7 Å². The molecule has 1 aliphatic heterocycles. The molecule has 130 valence electrons. The first-order valence-electron chi connectivity index (χ1n) is 8.26. The molecule has 2 aromatic rings. The maximum absolute atomic E-state index is 13.3. The zero-order chi connectivity index (χ0) is 17.6. The third kappa shape index (κ3) is 3.64. The lowest BCUT2D eigenvalue weighted by atomic mass is 9.99. The van der Waals surface area contributed by atoms with Gasteiger partial charge < -0.3 is 16.0 Å². The van der Waals surface area contributed by atoms with Gasteiger partial charge in [0.25, 0.3) is 0 Å². The maximum atomic E-state index is 13.3. The van der Waals surface area contributed by atoms with Crippen LogP contribution >= 0.6 is 0 Å². The molecule has 6 heteroatoms. The molecule has 5 nitrogen and oxygen atoms in total. The molecule has 0 bridgehead atoms. The van der Waals surface area contributed by atoms with E-state index in [0.717, 1.165) is 54.4 Å². The molecule has 0 unspecified atom stereocenters. The van der Waals surface area contributed by atoms with E-state index in [4.69, 9.17) is 5.73 Å². The van der Waals surface area contributed by atoms with E-state index in [0.29, 0.717) is 0 Å². The second-order valence-electron chi connectivity index (χ2n) is 5.76. The van der Waals surface area contributed by atoms with Gasteiger partial charge in [-0.15, -0.1) is 0 Å². The second-order valence-corrected chi connectivity index (χ2v) is 5.76. The fourth-order valence-electron chi connectivity index (χ4n) is 2.99. The molecular weight excluding hydrogens is 317 g/mol. The van der Waals surface area contributed by atoms with Gasteiger partial charge in [-0.05, 0) is 42.1 Å². The molecule has 1 aromatic heterocycles. The Morgan fingerprint density at radius 3 is 2.60 bits per heavy atom. The number of nitrogens with one attached hydrogen (secondary N) is 2. The number of anilines is 1. The van der Waals surface area contributed by atoms with Crippen molar-refractivity contribution in [1.82, 2.24) is 15.5 Å². The Morgan fingerprint density at radius 2 is 1.96 bits per heavy atom. The summed E-state index contributed by atoms with van der Waals surface area (Å²) in [6.07, 6.45) is 6.94. The van der Waals surface area contributed by atoms with Crippen LogP contribution in [0.5, 0.6) is 0 Å². The first kappa shape index (κ1) is 17.0. The van der Waals surface area contributed by atoms with Crippen molar-refractivity contribution < 1.29 is 4.39 Å². The van der Waals surface area contributed by atoms with Crippen LogP contribution in [0.3, 0.4) is 0 Å². The number of nitrogens with two attached hydrogens (primary N) is 1. The Hall–Kier alpha value is -2.86. The van der Waals surface area contributed by atoms with Crippen molar-refractivity contribution in [2.24, 2.45) is 5.73 Å². The fourth-order valence-corrected chi connectivity index (χ4v) is 2.99. The monoisotopic (exact) mass is 339 g/mol. The van der Waals surface area contributed by atoms with Gasteiger partial charge in [-0.1, -0.05) is 18.7 Å². The third-order valence-corrected chi connectivity index (χ3v) is 4.16. The molecule has 0 amide bonds. The number of nitrogens with zero attached hydrogens (tertiary/aromatic N) is 2. The summed E-state index contributed by atoms with van der Waals surface area (Å²) in [5, 5.41) is 11.0. The molecule has 0 spiro atoms. The third-order valence-electron chi connectivity index (χ3n) is 4.16. The SMILES string of the molecule is C=C/C=C(\C=C/N)c1c(N2CCNCC2)n[nH]c1-c1ccc(F)cc1. The molecule has 0 aliphatic carbocycles. The molecule has 1 saturated heterocycles. The van der Waals surface area contributed by atoms with Crippen LogP contribution in [0, 0.1) is 5.82 Å². The first-order valence-corrected chi connectivity index (χ1v) is 8.26. The van der Waals surface area contributed by atoms with Crippen molar-refractivity contribution in [1.29, 1.82) is 0 Å². The molecule has 1 aliphatic rings.